The van der Waals surface area contributed by atoms with E-state index in [2.05, 4.69) is 33.3 Å². The van der Waals surface area contributed by atoms with E-state index < -0.39 is 0 Å². The highest BCUT2D eigenvalue weighted by Gasteiger charge is 2.09. The van der Waals surface area contributed by atoms with Crippen LogP contribution in [0.1, 0.15) is 17.0 Å². The highest BCUT2D eigenvalue weighted by atomic mass is 32.2. The number of carbonyl (C=O) groups is 1. The Bertz CT molecular complexity index is 804. The number of aromatic nitrogens is 3. The number of aryl methyl sites for hydroxylation is 1. The van der Waals surface area contributed by atoms with Crippen LogP contribution in [0.3, 0.4) is 0 Å². The SMILES string of the molecule is Cc1cc2c(SCCC(=O)NCc3ccccn3)ncnc2s1. The number of rotatable bonds is 6. The van der Waals surface area contributed by atoms with Gasteiger partial charge in [-0.05, 0) is 25.1 Å². The molecule has 3 rings (SSSR count). The predicted octanol–water partition coefficient (Wildman–Crippen LogP) is 3.19. The molecule has 3 aromatic rings. The van der Waals surface area contributed by atoms with Crippen molar-refractivity contribution in [2.45, 2.75) is 24.9 Å². The number of thiophene rings is 1. The van der Waals surface area contributed by atoms with Crippen molar-refractivity contribution in [1.82, 2.24) is 20.3 Å². The minimum atomic E-state index is 0.0231. The smallest absolute Gasteiger partial charge is 0.221 e. The van der Waals surface area contributed by atoms with Crippen LogP contribution in [0.5, 0.6) is 0 Å². The summed E-state index contributed by atoms with van der Waals surface area (Å²) >= 11 is 3.25. The van der Waals surface area contributed by atoms with Gasteiger partial charge in [0.05, 0.1) is 12.2 Å². The molecular formula is C16H16N4OS2. The second-order valence-electron chi connectivity index (χ2n) is 4.95. The number of amides is 1. The number of pyridine rings is 1. The third-order valence-corrected chi connectivity index (χ3v) is 5.14. The minimum Gasteiger partial charge on any atom is -0.350 e. The molecule has 0 fully saturated rings. The van der Waals surface area contributed by atoms with E-state index >= 15 is 0 Å². The van der Waals surface area contributed by atoms with Crippen molar-refractivity contribution in [3.8, 4) is 0 Å². The van der Waals surface area contributed by atoms with Gasteiger partial charge >= 0.3 is 0 Å². The molecule has 0 bridgehead atoms. The fourth-order valence-corrected chi connectivity index (χ4v) is 3.92. The van der Waals surface area contributed by atoms with E-state index in [4.69, 9.17) is 0 Å². The zero-order valence-electron chi connectivity index (χ0n) is 12.7. The Kier molecular flexibility index (Phi) is 5.19. The molecule has 1 amide bonds. The Balaban J connectivity index is 1.49. The van der Waals surface area contributed by atoms with Crippen LogP contribution < -0.4 is 5.32 Å². The first-order valence-corrected chi connectivity index (χ1v) is 9.03. The lowest BCUT2D eigenvalue weighted by Gasteiger charge is -2.05. The largest absolute Gasteiger partial charge is 0.350 e. The molecule has 0 aliphatic carbocycles. The quantitative estimate of drug-likeness (QED) is 0.549. The minimum absolute atomic E-state index is 0.0231. The van der Waals surface area contributed by atoms with E-state index in [1.54, 1.807) is 35.6 Å². The van der Waals surface area contributed by atoms with Crippen molar-refractivity contribution in [3.05, 3.63) is 47.4 Å². The summed E-state index contributed by atoms with van der Waals surface area (Å²) in [6.45, 7) is 2.53. The molecule has 1 N–H and O–H groups in total. The summed E-state index contributed by atoms with van der Waals surface area (Å²) in [4.78, 5) is 26.9. The van der Waals surface area contributed by atoms with Crippen LogP contribution in [0.15, 0.2) is 41.8 Å². The van der Waals surface area contributed by atoms with Crippen molar-refractivity contribution in [2.75, 3.05) is 5.75 Å². The van der Waals surface area contributed by atoms with Crippen molar-refractivity contribution in [3.63, 3.8) is 0 Å². The molecule has 0 unspecified atom stereocenters. The molecule has 3 aromatic heterocycles. The number of hydrogen-bond acceptors (Lipinski definition) is 6. The average molecular weight is 344 g/mol. The Labute approximate surface area is 142 Å². The molecule has 3 heterocycles. The third kappa shape index (κ3) is 4.27. The Morgan fingerprint density at radius 1 is 1.30 bits per heavy atom. The third-order valence-electron chi connectivity index (χ3n) is 3.18. The number of nitrogens with zero attached hydrogens (tertiary/aromatic N) is 3. The first-order chi connectivity index (χ1) is 11.2. The molecule has 0 atom stereocenters. The van der Waals surface area contributed by atoms with Gasteiger partial charge in [0.2, 0.25) is 5.91 Å². The summed E-state index contributed by atoms with van der Waals surface area (Å²) in [5, 5.41) is 4.90. The molecule has 23 heavy (non-hydrogen) atoms. The van der Waals surface area contributed by atoms with Crippen LogP contribution in [-0.4, -0.2) is 26.6 Å². The van der Waals surface area contributed by atoms with Gasteiger partial charge in [0.1, 0.15) is 16.2 Å². The van der Waals surface area contributed by atoms with E-state index in [0.717, 1.165) is 20.9 Å². The number of thioether (sulfide) groups is 1. The summed E-state index contributed by atoms with van der Waals surface area (Å²) in [5.41, 5.74) is 0.861. The molecule has 7 heteroatoms. The Morgan fingerprint density at radius 3 is 3.04 bits per heavy atom. The van der Waals surface area contributed by atoms with Gasteiger partial charge in [0.15, 0.2) is 0 Å². The van der Waals surface area contributed by atoms with E-state index in [9.17, 15) is 4.79 Å². The lowest BCUT2D eigenvalue weighted by atomic mass is 10.3. The summed E-state index contributed by atoms with van der Waals surface area (Å²) in [5.74, 6) is 0.713. The van der Waals surface area contributed by atoms with Crippen molar-refractivity contribution >= 4 is 39.2 Å². The fourth-order valence-electron chi connectivity index (χ4n) is 2.09. The number of hydrogen-bond donors (Lipinski definition) is 1. The van der Waals surface area contributed by atoms with Crippen LogP contribution in [0.25, 0.3) is 10.2 Å². The summed E-state index contributed by atoms with van der Waals surface area (Å²) in [7, 11) is 0. The standard InChI is InChI=1S/C16H16N4OS2/c1-11-8-13-15(19-10-20-16(13)23-11)22-7-5-14(21)18-9-12-4-2-3-6-17-12/h2-4,6,8,10H,5,7,9H2,1H3,(H,18,21). The van der Waals surface area contributed by atoms with Gasteiger partial charge in [0, 0.05) is 28.6 Å². The van der Waals surface area contributed by atoms with Gasteiger partial charge in [-0.15, -0.1) is 23.1 Å². The van der Waals surface area contributed by atoms with Crippen LogP contribution in [0.4, 0.5) is 0 Å². The van der Waals surface area contributed by atoms with Gasteiger partial charge in [-0.2, -0.15) is 0 Å². The molecule has 0 spiro atoms. The summed E-state index contributed by atoms with van der Waals surface area (Å²) in [6.07, 6.45) is 3.76. The van der Waals surface area contributed by atoms with Crippen LogP contribution in [0.2, 0.25) is 0 Å². The average Bonchev–Trinajstić information content (AvgIpc) is 2.95. The second-order valence-corrected chi connectivity index (χ2v) is 7.27. The number of fused-ring (bicyclic) bond motifs is 1. The lowest BCUT2D eigenvalue weighted by Crippen LogP contribution is -2.23. The molecule has 0 saturated heterocycles. The van der Waals surface area contributed by atoms with Gasteiger partial charge in [-0.3, -0.25) is 9.78 Å². The highest BCUT2D eigenvalue weighted by Crippen LogP contribution is 2.30. The first kappa shape index (κ1) is 15.9. The van der Waals surface area contributed by atoms with E-state index in [1.807, 2.05) is 18.2 Å². The van der Waals surface area contributed by atoms with Gasteiger partial charge in [-0.25, -0.2) is 9.97 Å². The summed E-state index contributed by atoms with van der Waals surface area (Å²) < 4.78 is 0. The normalized spacial score (nSPS) is 10.8. The lowest BCUT2D eigenvalue weighted by molar-refractivity contribution is -0.120. The zero-order valence-corrected chi connectivity index (χ0v) is 14.3. The van der Waals surface area contributed by atoms with E-state index in [0.29, 0.717) is 18.7 Å². The molecule has 118 valence electrons. The highest BCUT2D eigenvalue weighted by molar-refractivity contribution is 7.99. The molecule has 0 aliphatic rings. The maximum absolute atomic E-state index is 11.9. The molecule has 0 saturated carbocycles. The summed E-state index contributed by atoms with van der Waals surface area (Å²) in [6, 6.07) is 7.76. The fraction of sp³-hybridized carbons (Fsp3) is 0.250. The molecule has 0 radical (unpaired) electrons. The maximum Gasteiger partial charge on any atom is 0.221 e. The van der Waals surface area contributed by atoms with Crippen molar-refractivity contribution in [2.24, 2.45) is 0 Å². The number of nitrogens with one attached hydrogen (secondary N) is 1. The van der Waals surface area contributed by atoms with E-state index in [1.165, 1.54) is 4.88 Å². The first-order valence-electron chi connectivity index (χ1n) is 7.23. The van der Waals surface area contributed by atoms with Crippen molar-refractivity contribution < 1.29 is 4.79 Å². The van der Waals surface area contributed by atoms with Gasteiger partial charge < -0.3 is 5.32 Å². The van der Waals surface area contributed by atoms with Crippen LogP contribution >= 0.6 is 23.1 Å². The molecular weight excluding hydrogens is 328 g/mol. The molecule has 0 aromatic carbocycles. The number of carbonyl (C=O) groups excluding carboxylic acids is 1. The molecule has 0 aliphatic heterocycles. The Hall–Kier alpha value is -1.99. The maximum atomic E-state index is 11.9. The topological polar surface area (TPSA) is 67.8 Å². The monoisotopic (exact) mass is 344 g/mol. The van der Waals surface area contributed by atoms with Crippen LogP contribution in [-0.2, 0) is 11.3 Å². The molecule has 5 nitrogen and oxygen atoms in total. The second kappa shape index (κ2) is 7.52. The van der Waals surface area contributed by atoms with E-state index in [-0.39, 0.29) is 5.91 Å². The van der Waals surface area contributed by atoms with Crippen molar-refractivity contribution in [1.29, 1.82) is 0 Å². The van der Waals surface area contributed by atoms with Gasteiger partial charge in [-0.1, -0.05) is 6.07 Å². The predicted molar refractivity (Wildman–Crippen MR) is 93.6 cm³/mol. The zero-order chi connectivity index (χ0) is 16.1. The Morgan fingerprint density at radius 2 is 2.22 bits per heavy atom. The van der Waals surface area contributed by atoms with Gasteiger partial charge in [0.25, 0.3) is 0 Å². The van der Waals surface area contributed by atoms with Crippen LogP contribution in [0, 0.1) is 6.92 Å².